The number of unbranched alkanes of at least 4 members (excludes halogenated alkanes) is 12. The summed E-state index contributed by atoms with van der Waals surface area (Å²) in [6.07, 6.45) is 21.7. The number of ether oxygens (including phenoxy) is 1. The highest BCUT2D eigenvalue weighted by atomic mass is 32.1. The summed E-state index contributed by atoms with van der Waals surface area (Å²) in [5, 5.41) is 13.0. The molecule has 0 spiro atoms. The molecule has 0 aliphatic heterocycles. The van der Waals surface area contributed by atoms with Crippen LogP contribution in [0.2, 0.25) is 0 Å². The fraction of sp³-hybridized carbons (Fsp3) is 0.800. The molecule has 0 saturated heterocycles. The Kier molecular flexibility index (Phi) is 16.1. The van der Waals surface area contributed by atoms with Crippen LogP contribution in [-0.4, -0.2) is 6.61 Å². The molecule has 28 heavy (non-hydrogen) atoms. The standard InChI is InChI=1S/C25H43NOS/c1-3-5-7-9-11-12-14-16-18-23(17-15-13-10-8-6-4-2)20-27-25-22-28-21-24(25)19-26/h21-23H,3-18,20H2,1-2H3. The van der Waals surface area contributed by atoms with E-state index >= 15 is 0 Å². The van der Waals surface area contributed by atoms with E-state index < -0.39 is 0 Å². The van der Waals surface area contributed by atoms with Crippen LogP contribution in [0.4, 0.5) is 0 Å². The Balaban J connectivity index is 2.26. The van der Waals surface area contributed by atoms with Crippen molar-refractivity contribution in [2.75, 3.05) is 6.61 Å². The largest absolute Gasteiger partial charge is 0.491 e. The first-order valence-electron chi connectivity index (χ1n) is 11.9. The van der Waals surface area contributed by atoms with Gasteiger partial charge in [0.05, 0.1) is 6.61 Å². The maximum Gasteiger partial charge on any atom is 0.147 e. The molecule has 1 rings (SSSR count). The summed E-state index contributed by atoms with van der Waals surface area (Å²) in [4.78, 5) is 0. The number of nitrogens with zero attached hydrogens (tertiary/aromatic N) is 1. The first-order valence-corrected chi connectivity index (χ1v) is 12.8. The van der Waals surface area contributed by atoms with Gasteiger partial charge in [0, 0.05) is 10.8 Å². The molecule has 1 aromatic rings. The minimum Gasteiger partial charge on any atom is -0.491 e. The molecule has 0 amide bonds. The maximum absolute atomic E-state index is 9.17. The predicted octanol–water partition coefficient (Wildman–Crippen LogP) is 8.90. The van der Waals surface area contributed by atoms with Crippen molar-refractivity contribution >= 4 is 11.3 Å². The zero-order chi connectivity index (χ0) is 20.3. The Morgan fingerprint density at radius 1 is 0.786 bits per heavy atom. The van der Waals surface area contributed by atoms with Crippen LogP contribution >= 0.6 is 11.3 Å². The van der Waals surface area contributed by atoms with E-state index in [9.17, 15) is 5.26 Å². The molecule has 0 N–H and O–H groups in total. The second-order valence-corrected chi connectivity index (χ2v) is 9.00. The van der Waals surface area contributed by atoms with E-state index in [1.54, 1.807) is 11.3 Å². The molecule has 160 valence electrons. The summed E-state index contributed by atoms with van der Waals surface area (Å²) >= 11 is 1.56. The zero-order valence-electron chi connectivity index (χ0n) is 18.5. The SMILES string of the molecule is CCCCCCCCCCC(CCCCCCCC)COc1cscc1C#N. The van der Waals surface area contributed by atoms with Crippen LogP contribution in [0.25, 0.3) is 0 Å². The van der Waals surface area contributed by atoms with Gasteiger partial charge in [0.2, 0.25) is 0 Å². The lowest BCUT2D eigenvalue weighted by Crippen LogP contribution is -2.12. The van der Waals surface area contributed by atoms with Gasteiger partial charge in [-0.3, -0.25) is 0 Å². The Bertz CT molecular complexity index is 505. The topological polar surface area (TPSA) is 33.0 Å². The normalized spacial score (nSPS) is 12.0. The summed E-state index contributed by atoms with van der Waals surface area (Å²) in [6.45, 7) is 5.33. The molecule has 1 aromatic heterocycles. The summed E-state index contributed by atoms with van der Waals surface area (Å²) in [7, 11) is 0. The first kappa shape index (κ1) is 25.0. The van der Waals surface area contributed by atoms with Gasteiger partial charge in [0.1, 0.15) is 17.4 Å². The fourth-order valence-corrected chi connectivity index (χ4v) is 4.47. The Labute approximate surface area is 178 Å². The molecule has 0 aromatic carbocycles. The van der Waals surface area contributed by atoms with Crippen LogP contribution in [0, 0.1) is 17.2 Å². The number of thiophene rings is 1. The third-order valence-corrected chi connectivity index (χ3v) is 6.38. The van der Waals surface area contributed by atoms with E-state index in [4.69, 9.17) is 4.74 Å². The van der Waals surface area contributed by atoms with Gasteiger partial charge < -0.3 is 4.74 Å². The van der Waals surface area contributed by atoms with Crippen molar-refractivity contribution in [3.8, 4) is 11.8 Å². The summed E-state index contributed by atoms with van der Waals surface area (Å²) < 4.78 is 6.04. The molecule has 0 aliphatic carbocycles. The molecular weight excluding hydrogens is 362 g/mol. The second-order valence-electron chi connectivity index (χ2n) is 8.26. The van der Waals surface area contributed by atoms with Gasteiger partial charge >= 0.3 is 0 Å². The van der Waals surface area contributed by atoms with Gasteiger partial charge in [0.25, 0.3) is 0 Å². The second kappa shape index (κ2) is 18.0. The van der Waals surface area contributed by atoms with Gasteiger partial charge in [-0.15, -0.1) is 11.3 Å². The molecule has 3 heteroatoms. The van der Waals surface area contributed by atoms with Crippen LogP contribution in [0.5, 0.6) is 5.75 Å². The van der Waals surface area contributed by atoms with E-state index in [0.717, 1.165) is 12.4 Å². The minimum absolute atomic E-state index is 0.637. The molecule has 0 fully saturated rings. The van der Waals surface area contributed by atoms with E-state index in [0.29, 0.717) is 11.5 Å². The molecular formula is C25H43NOS. The summed E-state index contributed by atoms with van der Waals surface area (Å²) in [5.41, 5.74) is 0.690. The van der Waals surface area contributed by atoms with Gasteiger partial charge in [-0.05, 0) is 18.8 Å². The molecule has 0 saturated carbocycles. The van der Waals surface area contributed by atoms with Crippen LogP contribution in [0.3, 0.4) is 0 Å². The van der Waals surface area contributed by atoms with Crippen molar-refractivity contribution in [3.05, 3.63) is 16.3 Å². The molecule has 2 nitrogen and oxygen atoms in total. The Hall–Kier alpha value is -1.01. The van der Waals surface area contributed by atoms with Gasteiger partial charge in [-0.2, -0.15) is 5.26 Å². The maximum atomic E-state index is 9.17. The van der Waals surface area contributed by atoms with Crippen molar-refractivity contribution in [2.45, 2.75) is 117 Å². The fourth-order valence-electron chi connectivity index (χ4n) is 3.78. The van der Waals surface area contributed by atoms with Crippen molar-refractivity contribution in [1.82, 2.24) is 0 Å². The van der Waals surface area contributed by atoms with Crippen molar-refractivity contribution in [3.63, 3.8) is 0 Å². The minimum atomic E-state index is 0.637. The summed E-state index contributed by atoms with van der Waals surface area (Å²) in [5.74, 6) is 1.43. The number of hydrogen-bond donors (Lipinski definition) is 0. The lowest BCUT2D eigenvalue weighted by molar-refractivity contribution is 0.224. The van der Waals surface area contributed by atoms with E-state index in [1.165, 1.54) is 103 Å². The van der Waals surface area contributed by atoms with Crippen molar-refractivity contribution < 1.29 is 4.74 Å². The lowest BCUT2D eigenvalue weighted by Gasteiger charge is -2.17. The number of hydrogen-bond acceptors (Lipinski definition) is 3. The smallest absolute Gasteiger partial charge is 0.147 e. The molecule has 1 atom stereocenters. The first-order chi connectivity index (χ1) is 13.8. The van der Waals surface area contributed by atoms with Crippen LogP contribution in [0.15, 0.2) is 10.8 Å². The lowest BCUT2D eigenvalue weighted by atomic mass is 9.94. The molecule has 0 radical (unpaired) electrons. The monoisotopic (exact) mass is 405 g/mol. The predicted molar refractivity (Wildman–Crippen MR) is 123 cm³/mol. The van der Waals surface area contributed by atoms with E-state index in [-0.39, 0.29) is 0 Å². The molecule has 1 heterocycles. The molecule has 0 bridgehead atoms. The third kappa shape index (κ3) is 12.4. The van der Waals surface area contributed by atoms with Crippen LogP contribution in [-0.2, 0) is 0 Å². The highest BCUT2D eigenvalue weighted by molar-refractivity contribution is 7.08. The van der Waals surface area contributed by atoms with E-state index in [2.05, 4.69) is 19.9 Å². The quantitative estimate of drug-likeness (QED) is 0.215. The summed E-state index contributed by atoms with van der Waals surface area (Å²) in [6, 6.07) is 2.24. The highest BCUT2D eigenvalue weighted by Crippen LogP contribution is 2.25. The number of nitriles is 1. The van der Waals surface area contributed by atoms with E-state index in [1.807, 2.05) is 10.8 Å². The Morgan fingerprint density at radius 3 is 1.79 bits per heavy atom. The Morgan fingerprint density at radius 2 is 1.29 bits per heavy atom. The highest BCUT2D eigenvalue weighted by Gasteiger charge is 2.12. The zero-order valence-corrected chi connectivity index (χ0v) is 19.3. The molecule has 0 aliphatic rings. The average Bonchev–Trinajstić information content (AvgIpc) is 3.17. The van der Waals surface area contributed by atoms with Gasteiger partial charge in [-0.25, -0.2) is 0 Å². The van der Waals surface area contributed by atoms with Crippen molar-refractivity contribution in [2.24, 2.45) is 5.92 Å². The number of rotatable bonds is 19. The van der Waals surface area contributed by atoms with Gasteiger partial charge in [0.15, 0.2) is 0 Å². The van der Waals surface area contributed by atoms with Crippen LogP contribution < -0.4 is 4.74 Å². The average molecular weight is 406 g/mol. The molecule has 1 unspecified atom stereocenters. The third-order valence-electron chi connectivity index (χ3n) is 5.65. The van der Waals surface area contributed by atoms with Gasteiger partial charge in [-0.1, -0.05) is 104 Å². The van der Waals surface area contributed by atoms with Crippen molar-refractivity contribution in [1.29, 1.82) is 5.26 Å². The van der Waals surface area contributed by atoms with Crippen LogP contribution in [0.1, 0.15) is 122 Å².